The molecule has 0 amide bonds. The van der Waals surface area contributed by atoms with Crippen LogP contribution in [0.1, 0.15) is 6.92 Å². The van der Waals surface area contributed by atoms with Crippen LogP contribution in [-0.4, -0.2) is 59.9 Å². The highest BCUT2D eigenvalue weighted by molar-refractivity contribution is 5.34. The second-order valence-electron chi connectivity index (χ2n) is 3.66. The summed E-state index contributed by atoms with van der Waals surface area (Å²) in [7, 11) is 1.75. The van der Waals surface area contributed by atoms with Crippen LogP contribution in [0.25, 0.3) is 0 Å². The standard InChI is InChI=1S/C10H18N6O2/c1-3-18-10-13-8(11-2)12-9(14-10)15-16-4-6-17-7-5-16/h3-7H2,1-2H3,(H2,11,12,13,14,15). The van der Waals surface area contributed by atoms with Crippen molar-refractivity contribution in [3.63, 3.8) is 0 Å². The van der Waals surface area contributed by atoms with Gasteiger partial charge in [0.05, 0.1) is 19.8 Å². The smallest absolute Gasteiger partial charge is 0.323 e. The van der Waals surface area contributed by atoms with Crippen LogP contribution in [0.4, 0.5) is 11.9 Å². The van der Waals surface area contributed by atoms with Crippen LogP contribution in [-0.2, 0) is 4.74 Å². The third kappa shape index (κ3) is 3.41. The lowest BCUT2D eigenvalue weighted by Gasteiger charge is -2.26. The van der Waals surface area contributed by atoms with E-state index in [0.717, 1.165) is 13.1 Å². The summed E-state index contributed by atoms with van der Waals surface area (Å²) in [5, 5.41) is 4.89. The van der Waals surface area contributed by atoms with Gasteiger partial charge in [-0.05, 0) is 6.92 Å². The minimum Gasteiger partial charge on any atom is -0.464 e. The van der Waals surface area contributed by atoms with E-state index in [0.29, 0.717) is 37.7 Å². The van der Waals surface area contributed by atoms with E-state index >= 15 is 0 Å². The summed E-state index contributed by atoms with van der Waals surface area (Å²) in [5.41, 5.74) is 3.13. The Labute approximate surface area is 106 Å². The molecule has 2 rings (SSSR count). The Balaban J connectivity index is 2.07. The van der Waals surface area contributed by atoms with Gasteiger partial charge < -0.3 is 14.8 Å². The highest BCUT2D eigenvalue weighted by Crippen LogP contribution is 2.11. The maximum Gasteiger partial charge on any atom is 0.323 e. The van der Waals surface area contributed by atoms with Crippen molar-refractivity contribution in [2.75, 3.05) is 50.7 Å². The summed E-state index contributed by atoms with van der Waals surface area (Å²) < 4.78 is 10.6. The summed E-state index contributed by atoms with van der Waals surface area (Å²) in [6, 6.07) is 0.313. The Kier molecular flexibility index (Phi) is 4.48. The van der Waals surface area contributed by atoms with Gasteiger partial charge in [-0.3, -0.25) is 5.43 Å². The monoisotopic (exact) mass is 254 g/mol. The van der Waals surface area contributed by atoms with E-state index in [4.69, 9.17) is 9.47 Å². The average molecular weight is 254 g/mol. The van der Waals surface area contributed by atoms with Crippen molar-refractivity contribution in [3.05, 3.63) is 0 Å². The molecule has 100 valence electrons. The van der Waals surface area contributed by atoms with E-state index in [9.17, 15) is 0 Å². The van der Waals surface area contributed by atoms with Crippen molar-refractivity contribution in [2.24, 2.45) is 0 Å². The molecular formula is C10H18N6O2. The van der Waals surface area contributed by atoms with Crippen molar-refractivity contribution in [1.29, 1.82) is 0 Å². The number of hydrogen-bond acceptors (Lipinski definition) is 8. The molecule has 0 bridgehead atoms. The van der Waals surface area contributed by atoms with Crippen LogP contribution in [0.5, 0.6) is 6.01 Å². The largest absolute Gasteiger partial charge is 0.464 e. The van der Waals surface area contributed by atoms with Gasteiger partial charge in [0, 0.05) is 20.1 Å². The lowest BCUT2D eigenvalue weighted by Crippen LogP contribution is -2.40. The Morgan fingerprint density at radius 1 is 1.22 bits per heavy atom. The molecule has 2 N–H and O–H groups in total. The van der Waals surface area contributed by atoms with Gasteiger partial charge in [0.25, 0.3) is 0 Å². The van der Waals surface area contributed by atoms with Crippen molar-refractivity contribution in [1.82, 2.24) is 20.0 Å². The molecule has 8 heteroatoms. The number of ether oxygens (including phenoxy) is 2. The van der Waals surface area contributed by atoms with Gasteiger partial charge >= 0.3 is 6.01 Å². The molecule has 1 aromatic heterocycles. The van der Waals surface area contributed by atoms with Crippen LogP contribution in [0.2, 0.25) is 0 Å². The van der Waals surface area contributed by atoms with Gasteiger partial charge in [0.15, 0.2) is 0 Å². The SMILES string of the molecule is CCOc1nc(NC)nc(NN2CCOCC2)n1. The molecule has 0 spiro atoms. The third-order valence-electron chi connectivity index (χ3n) is 2.38. The molecule has 1 aliphatic heterocycles. The van der Waals surface area contributed by atoms with Gasteiger partial charge in [0.2, 0.25) is 11.9 Å². The van der Waals surface area contributed by atoms with Crippen LogP contribution < -0.4 is 15.5 Å². The highest BCUT2D eigenvalue weighted by atomic mass is 16.5. The zero-order valence-electron chi connectivity index (χ0n) is 10.6. The number of anilines is 2. The van der Waals surface area contributed by atoms with Crippen LogP contribution >= 0.6 is 0 Å². The average Bonchev–Trinajstić information content (AvgIpc) is 2.40. The fourth-order valence-corrected chi connectivity index (χ4v) is 1.53. The predicted octanol–water partition coefficient (Wildman–Crippen LogP) is -0.0289. The van der Waals surface area contributed by atoms with Gasteiger partial charge in [-0.15, -0.1) is 0 Å². The van der Waals surface area contributed by atoms with Crippen LogP contribution in [0.3, 0.4) is 0 Å². The molecule has 8 nitrogen and oxygen atoms in total. The quantitative estimate of drug-likeness (QED) is 0.758. The van der Waals surface area contributed by atoms with Crippen LogP contribution in [0, 0.1) is 0 Å². The Morgan fingerprint density at radius 3 is 2.61 bits per heavy atom. The summed E-state index contributed by atoms with van der Waals surface area (Å²) in [6.45, 7) is 5.40. The molecule has 0 saturated carbocycles. The lowest BCUT2D eigenvalue weighted by molar-refractivity contribution is 0.0492. The normalized spacial score (nSPS) is 16.3. The molecule has 1 fully saturated rings. The lowest BCUT2D eigenvalue weighted by atomic mass is 10.5. The number of aromatic nitrogens is 3. The molecule has 0 unspecified atom stereocenters. The van der Waals surface area contributed by atoms with E-state index in [-0.39, 0.29) is 0 Å². The fraction of sp³-hybridized carbons (Fsp3) is 0.700. The molecule has 2 heterocycles. The van der Waals surface area contributed by atoms with Gasteiger partial charge in [0.1, 0.15) is 0 Å². The van der Waals surface area contributed by atoms with Crippen molar-refractivity contribution in [3.8, 4) is 6.01 Å². The maximum absolute atomic E-state index is 5.29. The number of hydrazine groups is 1. The number of rotatable bonds is 5. The Hall–Kier alpha value is -1.67. The number of morpholine rings is 1. The second-order valence-corrected chi connectivity index (χ2v) is 3.66. The molecule has 18 heavy (non-hydrogen) atoms. The third-order valence-corrected chi connectivity index (χ3v) is 2.38. The van der Waals surface area contributed by atoms with Crippen molar-refractivity contribution < 1.29 is 9.47 Å². The van der Waals surface area contributed by atoms with E-state index in [1.807, 2.05) is 11.9 Å². The first-order valence-electron chi connectivity index (χ1n) is 5.97. The minimum absolute atomic E-state index is 0.313. The molecule has 1 aromatic rings. The number of nitrogens with one attached hydrogen (secondary N) is 2. The molecule has 0 radical (unpaired) electrons. The first-order chi connectivity index (χ1) is 8.81. The van der Waals surface area contributed by atoms with Crippen LogP contribution in [0.15, 0.2) is 0 Å². The Bertz CT molecular complexity index is 383. The van der Waals surface area contributed by atoms with Crippen molar-refractivity contribution >= 4 is 11.9 Å². The number of nitrogens with zero attached hydrogens (tertiary/aromatic N) is 4. The Morgan fingerprint density at radius 2 is 1.94 bits per heavy atom. The maximum atomic E-state index is 5.29. The minimum atomic E-state index is 0.313. The molecule has 0 atom stereocenters. The van der Waals surface area contributed by atoms with E-state index in [1.165, 1.54) is 0 Å². The molecule has 0 aliphatic carbocycles. The first kappa shape index (κ1) is 12.8. The summed E-state index contributed by atoms with van der Waals surface area (Å²) in [6.07, 6.45) is 0. The van der Waals surface area contributed by atoms with Gasteiger partial charge in [-0.2, -0.15) is 15.0 Å². The second kappa shape index (κ2) is 6.31. The molecule has 1 aliphatic rings. The zero-order valence-corrected chi connectivity index (χ0v) is 10.6. The van der Waals surface area contributed by atoms with Crippen molar-refractivity contribution in [2.45, 2.75) is 6.92 Å². The first-order valence-corrected chi connectivity index (χ1v) is 5.97. The molecule has 0 aromatic carbocycles. The molecular weight excluding hydrogens is 236 g/mol. The summed E-state index contributed by atoms with van der Waals surface area (Å²) >= 11 is 0. The fourth-order valence-electron chi connectivity index (χ4n) is 1.53. The summed E-state index contributed by atoms with van der Waals surface area (Å²) in [4.78, 5) is 12.5. The predicted molar refractivity (Wildman–Crippen MR) is 66.6 cm³/mol. The zero-order chi connectivity index (χ0) is 12.8. The van der Waals surface area contributed by atoms with E-state index in [2.05, 4.69) is 25.7 Å². The van der Waals surface area contributed by atoms with E-state index < -0.39 is 0 Å². The van der Waals surface area contributed by atoms with Gasteiger partial charge in [-0.25, -0.2) is 5.01 Å². The van der Waals surface area contributed by atoms with Gasteiger partial charge in [-0.1, -0.05) is 0 Å². The number of hydrogen-bond donors (Lipinski definition) is 2. The summed E-state index contributed by atoms with van der Waals surface area (Å²) in [5.74, 6) is 0.948. The molecule has 1 saturated heterocycles. The topological polar surface area (TPSA) is 84.4 Å². The van der Waals surface area contributed by atoms with E-state index in [1.54, 1.807) is 7.05 Å². The highest BCUT2D eigenvalue weighted by Gasteiger charge is 2.13.